The molecule has 23 heavy (non-hydrogen) atoms. The van der Waals surface area contributed by atoms with Crippen LogP contribution in [0.5, 0.6) is 11.5 Å². The molecule has 2 aromatic rings. The third-order valence-corrected chi connectivity index (χ3v) is 3.22. The fourth-order valence-corrected chi connectivity index (χ4v) is 2.02. The molecule has 1 atom stereocenters. The van der Waals surface area contributed by atoms with Gasteiger partial charge in [0, 0.05) is 29.6 Å². The Morgan fingerprint density at radius 1 is 1.04 bits per heavy atom. The van der Waals surface area contributed by atoms with Crippen molar-refractivity contribution in [3.8, 4) is 11.5 Å². The van der Waals surface area contributed by atoms with E-state index in [9.17, 15) is 9.18 Å². The first-order valence-electron chi connectivity index (χ1n) is 7.08. The van der Waals surface area contributed by atoms with Crippen molar-refractivity contribution in [2.75, 3.05) is 24.9 Å². The lowest BCUT2D eigenvalue weighted by molar-refractivity contribution is -0.116. The number of ether oxygens (including phenoxy) is 2. The van der Waals surface area contributed by atoms with Gasteiger partial charge in [0.2, 0.25) is 5.91 Å². The summed E-state index contributed by atoms with van der Waals surface area (Å²) in [5.41, 5.74) is 1.09. The molecular formula is C17H19FN2O3. The highest BCUT2D eigenvalue weighted by atomic mass is 19.1. The molecule has 0 aromatic heterocycles. The van der Waals surface area contributed by atoms with Gasteiger partial charge in [-0.3, -0.25) is 4.79 Å². The van der Waals surface area contributed by atoms with Crippen molar-refractivity contribution >= 4 is 17.3 Å². The molecule has 0 heterocycles. The number of benzene rings is 2. The molecule has 5 nitrogen and oxygen atoms in total. The third kappa shape index (κ3) is 4.60. The highest BCUT2D eigenvalue weighted by Crippen LogP contribution is 2.26. The van der Waals surface area contributed by atoms with Crippen LogP contribution in [0.3, 0.4) is 0 Å². The van der Waals surface area contributed by atoms with Crippen LogP contribution >= 0.6 is 0 Å². The SMILES string of the molecule is COc1cc(NC(C)C(=O)Nc2cccc(F)c2)cc(OC)c1. The van der Waals surface area contributed by atoms with Gasteiger partial charge >= 0.3 is 0 Å². The molecule has 0 aliphatic heterocycles. The van der Waals surface area contributed by atoms with E-state index in [4.69, 9.17) is 9.47 Å². The molecule has 2 aromatic carbocycles. The van der Waals surface area contributed by atoms with E-state index in [1.807, 2.05) is 0 Å². The first-order chi connectivity index (χ1) is 11.0. The number of hydrogen-bond donors (Lipinski definition) is 2. The third-order valence-electron chi connectivity index (χ3n) is 3.22. The monoisotopic (exact) mass is 318 g/mol. The summed E-state index contributed by atoms with van der Waals surface area (Å²) in [6, 6.07) is 10.5. The van der Waals surface area contributed by atoms with Crippen molar-refractivity contribution in [1.82, 2.24) is 0 Å². The number of amides is 1. The van der Waals surface area contributed by atoms with Gasteiger partial charge in [0.1, 0.15) is 23.4 Å². The van der Waals surface area contributed by atoms with Crippen molar-refractivity contribution in [3.63, 3.8) is 0 Å². The molecule has 0 saturated heterocycles. The lowest BCUT2D eigenvalue weighted by atomic mass is 10.2. The van der Waals surface area contributed by atoms with Gasteiger partial charge in [-0.05, 0) is 25.1 Å². The van der Waals surface area contributed by atoms with Crippen molar-refractivity contribution in [2.24, 2.45) is 0 Å². The molecule has 122 valence electrons. The smallest absolute Gasteiger partial charge is 0.246 e. The van der Waals surface area contributed by atoms with Crippen LogP contribution in [0, 0.1) is 5.82 Å². The van der Waals surface area contributed by atoms with Crippen molar-refractivity contribution in [3.05, 3.63) is 48.3 Å². The van der Waals surface area contributed by atoms with E-state index in [2.05, 4.69) is 10.6 Å². The number of carbonyl (C=O) groups excluding carboxylic acids is 1. The lowest BCUT2D eigenvalue weighted by Crippen LogP contribution is -2.31. The van der Waals surface area contributed by atoms with Gasteiger partial charge in [-0.2, -0.15) is 0 Å². The van der Waals surface area contributed by atoms with Gasteiger partial charge in [-0.25, -0.2) is 4.39 Å². The van der Waals surface area contributed by atoms with Crippen LogP contribution in [-0.4, -0.2) is 26.2 Å². The van der Waals surface area contributed by atoms with Gasteiger partial charge in [0.15, 0.2) is 0 Å². The van der Waals surface area contributed by atoms with Gasteiger partial charge in [0.05, 0.1) is 14.2 Å². The first-order valence-corrected chi connectivity index (χ1v) is 7.08. The zero-order chi connectivity index (χ0) is 16.8. The second kappa shape index (κ2) is 7.49. The number of anilines is 2. The van der Waals surface area contributed by atoms with E-state index in [1.165, 1.54) is 18.2 Å². The largest absolute Gasteiger partial charge is 0.497 e. The van der Waals surface area contributed by atoms with E-state index in [1.54, 1.807) is 45.4 Å². The maximum atomic E-state index is 13.1. The van der Waals surface area contributed by atoms with Crippen LogP contribution in [0.2, 0.25) is 0 Å². The molecule has 0 saturated carbocycles. The number of halogens is 1. The van der Waals surface area contributed by atoms with Crippen LogP contribution in [0.1, 0.15) is 6.92 Å². The summed E-state index contributed by atoms with van der Waals surface area (Å²) in [5.74, 6) is 0.549. The van der Waals surface area contributed by atoms with Crippen molar-refractivity contribution < 1.29 is 18.7 Å². The number of hydrogen-bond acceptors (Lipinski definition) is 4. The summed E-state index contributed by atoms with van der Waals surface area (Å²) in [6.45, 7) is 1.71. The Hall–Kier alpha value is -2.76. The average molecular weight is 318 g/mol. The van der Waals surface area contributed by atoms with E-state index in [0.29, 0.717) is 22.9 Å². The minimum absolute atomic E-state index is 0.280. The number of methoxy groups -OCH3 is 2. The Morgan fingerprint density at radius 2 is 1.70 bits per heavy atom. The van der Waals surface area contributed by atoms with Gasteiger partial charge in [-0.15, -0.1) is 0 Å². The van der Waals surface area contributed by atoms with Gasteiger partial charge in [0.25, 0.3) is 0 Å². The summed E-state index contributed by atoms with van der Waals surface area (Å²) in [7, 11) is 3.11. The standard InChI is InChI=1S/C17H19FN2O3/c1-11(17(21)20-13-6-4-5-12(18)7-13)19-14-8-15(22-2)10-16(9-14)23-3/h4-11,19H,1-3H3,(H,20,21). The normalized spacial score (nSPS) is 11.5. The second-order valence-corrected chi connectivity index (χ2v) is 4.97. The minimum Gasteiger partial charge on any atom is -0.497 e. The first kappa shape index (κ1) is 16.6. The van der Waals surface area contributed by atoms with E-state index in [-0.39, 0.29) is 5.91 Å². The summed E-state index contributed by atoms with van der Waals surface area (Å²) in [6.07, 6.45) is 0. The van der Waals surface area contributed by atoms with Gasteiger partial charge < -0.3 is 20.1 Å². The molecular weight excluding hydrogens is 299 g/mol. The predicted octanol–water partition coefficient (Wildman–Crippen LogP) is 3.28. The fraction of sp³-hybridized carbons (Fsp3) is 0.235. The molecule has 1 amide bonds. The lowest BCUT2D eigenvalue weighted by Gasteiger charge is -2.16. The van der Waals surface area contributed by atoms with E-state index in [0.717, 1.165) is 0 Å². The van der Waals surface area contributed by atoms with Crippen molar-refractivity contribution in [2.45, 2.75) is 13.0 Å². The molecule has 0 aliphatic rings. The van der Waals surface area contributed by atoms with Crippen LogP contribution in [0.25, 0.3) is 0 Å². The van der Waals surface area contributed by atoms with E-state index >= 15 is 0 Å². The number of nitrogens with one attached hydrogen (secondary N) is 2. The number of carbonyl (C=O) groups is 1. The molecule has 2 rings (SSSR count). The summed E-state index contributed by atoms with van der Waals surface area (Å²) in [5, 5.41) is 5.72. The average Bonchev–Trinajstić information content (AvgIpc) is 2.54. The predicted molar refractivity (Wildman–Crippen MR) is 87.7 cm³/mol. The molecule has 0 aliphatic carbocycles. The van der Waals surface area contributed by atoms with Crippen LogP contribution < -0.4 is 20.1 Å². The van der Waals surface area contributed by atoms with Crippen molar-refractivity contribution in [1.29, 1.82) is 0 Å². The van der Waals surface area contributed by atoms with Gasteiger partial charge in [-0.1, -0.05) is 6.07 Å². The molecule has 0 fully saturated rings. The summed E-state index contributed by atoms with van der Waals surface area (Å²) >= 11 is 0. The topological polar surface area (TPSA) is 59.6 Å². The Bertz CT molecular complexity index is 669. The fourth-order valence-electron chi connectivity index (χ4n) is 2.02. The Labute approximate surface area is 134 Å². The Morgan fingerprint density at radius 3 is 2.26 bits per heavy atom. The van der Waals surface area contributed by atoms with Crippen LogP contribution in [0.4, 0.5) is 15.8 Å². The Balaban J connectivity index is 2.06. The summed E-state index contributed by atoms with van der Waals surface area (Å²) in [4.78, 5) is 12.2. The molecule has 0 radical (unpaired) electrons. The highest BCUT2D eigenvalue weighted by Gasteiger charge is 2.14. The molecule has 6 heteroatoms. The molecule has 1 unspecified atom stereocenters. The number of rotatable bonds is 6. The zero-order valence-electron chi connectivity index (χ0n) is 13.2. The highest BCUT2D eigenvalue weighted by molar-refractivity contribution is 5.96. The Kier molecular flexibility index (Phi) is 5.41. The molecule has 0 spiro atoms. The minimum atomic E-state index is -0.532. The maximum absolute atomic E-state index is 13.1. The quantitative estimate of drug-likeness (QED) is 0.858. The van der Waals surface area contributed by atoms with Crippen LogP contribution in [0.15, 0.2) is 42.5 Å². The molecule has 0 bridgehead atoms. The molecule has 2 N–H and O–H groups in total. The van der Waals surface area contributed by atoms with E-state index < -0.39 is 11.9 Å². The summed E-state index contributed by atoms with van der Waals surface area (Å²) < 4.78 is 23.5. The maximum Gasteiger partial charge on any atom is 0.246 e. The van der Waals surface area contributed by atoms with Crippen LogP contribution in [-0.2, 0) is 4.79 Å². The zero-order valence-corrected chi connectivity index (χ0v) is 13.2. The second-order valence-electron chi connectivity index (χ2n) is 4.97.